The van der Waals surface area contributed by atoms with Crippen LogP contribution in [0.4, 0.5) is 10.5 Å². The number of anilines is 1. The van der Waals surface area contributed by atoms with Crippen LogP contribution in [0.2, 0.25) is 0 Å². The van der Waals surface area contributed by atoms with Gasteiger partial charge in [-0.2, -0.15) is 5.10 Å². The van der Waals surface area contributed by atoms with Crippen LogP contribution in [-0.4, -0.2) is 21.9 Å². The molecule has 1 aliphatic rings. The molecule has 1 aliphatic carbocycles. The Morgan fingerprint density at radius 3 is 2.75 bits per heavy atom. The van der Waals surface area contributed by atoms with Gasteiger partial charge in [-0.3, -0.25) is 0 Å². The van der Waals surface area contributed by atoms with Gasteiger partial charge >= 0.3 is 6.03 Å². The lowest BCUT2D eigenvalue weighted by Crippen LogP contribution is -2.30. The summed E-state index contributed by atoms with van der Waals surface area (Å²) in [5.41, 5.74) is 3.77. The van der Waals surface area contributed by atoms with E-state index in [0.717, 1.165) is 35.6 Å². The number of carbonyl (C=O) groups excluding carboxylic acids is 1. The van der Waals surface area contributed by atoms with Crippen molar-refractivity contribution in [2.45, 2.75) is 32.7 Å². The van der Waals surface area contributed by atoms with Crippen LogP contribution < -0.4 is 10.6 Å². The van der Waals surface area contributed by atoms with Crippen LogP contribution in [0.25, 0.3) is 5.69 Å². The molecule has 1 aromatic carbocycles. The van der Waals surface area contributed by atoms with Crippen molar-refractivity contribution in [3.8, 4) is 5.69 Å². The Kier molecular flexibility index (Phi) is 3.18. The second-order valence-corrected chi connectivity index (χ2v) is 5.26. The number of benzene rings is 1. The lowest BCUT2D eigenvalue weighted by molar-refractivity contribution is 0.251. The molecular formula is C15H18N4O. The number of nitrogens with one attached hydrogen (secondary N) is 2. The monoisotopic (exact) mass is 270 g/mol. The zero-order valence-corrected chi connectivity index (χ0v) is 11.7. The molecule has 1 heterocycles. The Bertz CT molecular complexity index is 643. The number of aryl methyl sites for hydroxylation is 2. The molecule has 5 nitrogen and oxygen atoms in total. The molecule has 104 valence electrons. The fourth-order valence-electron chi connectivity index (χ4n) is 2.19. The van der Waals surface area contributed by atoms with E-state index >= 15 is 0 Å². The number of hydrogen-bond acceptors (Lipinski definition) is 2. The van der Waals surface area contributed by atoms with Gasteiger partial charge in [0.05, 0.1) is 11.4 Å². The van der Waals surface area contributed by atoms with E-state index in [2.05, 4.69) is 15.7 Å². The maximum atomic E-state index is 11.7. The molecular weight excluding hydrogens is 252 g/mol. The number of rotatable bonds is 3. The first-order valence-corrected chi connectivity index (χ1v) is 6.83. The van der Waals surface area contributed by atoms with Crippen LogP contribution in [0.5, 0.6) is 0 Å². The Morgan fingerprint density at radius 1 is 1.30 bits per heavy atom. The van der Waals surface area contributed by atoms with Crippen LogP contribution in [0.3, 0.4) is 0 Å². The average molecular weight is 270 g/mol. The van der Waals surface area contributed by atoms with Crippen molar-refractivity contribution in [3.05, 3.63) is 41.7 Å². The predicted octanol–water partition coefficient (Wildman–Crippen LogP) is 2.77. The molecule has 2 aromatic rings. The van der Waals surface area contributed by atoms with E-state index in [-0.39, 0.29) is 6.03 Å². The number of urea groups is 1. The van der Waals surface area contributed by atoms with Crippen LogP contribution in [0.15, 0.2) is 30.3 Å². The topological polar surface area (TPSA) is 59.0 Å². The highest BCUT2D eigenvalue weighted by Gasteiger charge is 2.23. The minimum absolute atomic E-state index is 0.141. The van der Waals surface area contributed by atoms with Crippen LogP contribution in [0.1, 0.15) is 24.2 Å². The van der Waals surface area contributed by atoms with Crippen molar-refractivity contribution >= 4 is 11.7 Å². The fourth-order valence-corrected chi connectivity index (χ4v) is 2.19. The molecule has 2 N–H and O–H groups in total. The van der Waals surface area contributed by atoms with Crippen molar-refractivity contribution in [1.29, 1.82) is 0 Å². The van der Waals surface area contributed by atoms with E-state index in [0.29, 0.717) is 6.04 Å². The quantitative estimate of drug-likeness (QED) is 0.901. The van der Waals surface area contributed by atoms with Gasteiger partial charge in [0.25, 0.3) is 0 Å². The number of nitrogens with zero attached hydrogens (tertiary/aromatic N) is 2. The normalized spacial score (nSPS) is 14.1. The zero-order chi connectivity index (χ0) is 14.1. The standard InChI is InChI=1S/C15H18N4O/c1-10-8-11(2)19(18-10)14-5-3-4-13(9-14)17-15(20)16-12-6-7-12/h3-5,8-9,12H,6-7H2,1-2H3,(H2,16,17,20). The van der Waals surface area contributed by atoms with Crippen LogP contribution in [0, 0.1) is 13.8 Å². The second-order valence-electron chi connectivity index (χ2n) is 5.26. The first-order chi connectivity index (χ1) is 9.61. The molecule has 0 radical (unpaired) electrons. The molecule has 0 unspecified atom stereocenters. The van der Waals surface area contributed by atoms with Gasteiger partial charge in [0, 0.05) is 17.4 Å². The van der Waals surface area contributed by atoms with Gasteiger partial charge in [-0.05, 0) is 51.0 Å². The Hall–Kier alpha value is -2.30. The highest BCUT2D eigenvalue weighted by molar-refractivity contribution is 5.89. The van der Waals surface area contributed by atoms with Crippen molar-refractivity contribution in [2.24, 2.45) is 0 Å². The van der Waals surface area contributed by atoms with Gasteiger partial charge in [-0.1, -0.05) is 6.07 Å². The van der Waals surface area contributed by atoms with Gasteiger partial charge in [-0.25, -0.2) is 9.48 Å². The predicted molar refractivity (Wildman–Crippen MR) is 78.2 cm³/mol. The summed E-state index contributed by atoms with van der Waals surface area (Å²) in [4.78, 5) is 11.7. The van der Waals surface area contributed by atoms with Gasteiger partial charge in [-0.15, -0.1) is 0 Å². The number of hydrogen-bond donors (Lipinski definition) is 2. The average Bonchev–Trinajstić information content (AvgIpc) is 3.13. The molecule has 1 fully saturated rings. The van der Waals surface area contributed by atoms with Gasteiger partial charge in [0.1, 0.15) is 0 Å². The third-order valence-corrected chi connectivity index (χ3v) is 3.27. The number of amides is 2. The highest BCUT2D eigenvalue weighted by Crippen LogP contribution is 2.20. The summed E-state index contributed by atoms with van der Waals surface area (Å²) in [5, 5.41) is 10.2. The second kappa shape index (κ2) is 5.00. The van der Waals surface area contributed by atoms with E-state index < -0.39 is 0 Å². The summed E-state index contributed by atoms with van der Waals surface area (Å²) in [7, 11) is 0. The maximum absolute atomic E-state index is 11.7. The third kappa shape index (κ3) is 2.82. The van der Waals surface area contributed by atoms with Crippen molar-refractivity contribution < 1.29 is 4.79 Å². The maximum Gasteiger partial charge on any atom is 0.319 e. The SMILES string of the molecule is Cc1cc(C)n(-c2cccc(NC(=O)NC3CC3)c2)n1. The lowest BCUT2D eigenvalue weighted by Gasteiger charge is -2.09. The van der Waals surface area contributed by atoms with Crippen LogP contribution >= 0.6 is 0 Å². The Labute approximate surface area is 118 Å². The molecule has 1 aromatic heterocycles. The summed E-state index contributed by atoms with van der Waals surface area (Å²) >= 11 is 0. The van der Waals surface area contributed by atoms with E-state index in [1.807, 2.05) is 48.9 Å². The van der Waals surface area contributed by atoms with E-state index in [9.17, 15) is 4.79 Å². The van der Waals surface area contributed by atoms with Gasteiger partial charge in [0.2, 0.25) is 0 Å². The number of carbonyl (C=O) groups is 1. The number of aromatic nitrogens is 2. The highest BCUT2D eigenvalue weighted by atomic mass is 16.2. The first-order valence-electron chi connectivity index (χ1n) is 6.83. The molecule has 0 bridgehead atoms. The summed E-state index contributed by atoms with van der Waals surface area (Å²) in [6.07, 6.45) is 2.17. The van der Waals surface area contributed by atoms with E-state index in [1.165, 1.54) is 0 Å². The molecule has 5 heteroatoms. The molecule has 0 saturated heterocycles. The molecule has 0 aliphatic heterocycles. The third-order valence-electron chi connectivity index (χ3n) is 3.27. The van der Waals surface area contributed by atoms with E-state index in [4.69, 9.17) is 0 Å². The van der Waals surface area contributed by atoms with E-state index in [1.54, 1.807) is 0 Å². The van der Waals surface area contributed by atoms with Crippen molar-refractivity contribution in [1.82, 2.24) is 15.1 Å². The molecule has 0 spiro atoms. The minimum Gasteiger partial charge on any atom is -0.335 e. The van der Waals surface area contributed by atoms with Gasteiger partial charge in [0.15, 0.2) is 0 Å². The lowest BCUT2D eigenvalue weighted by atomic mass is 10.2. The first kappa shape index (κ1) is 12.7. The Balaban J connectivity index is 1.78. The van der Waals surface area contributed by atoms with Crippen LogP contribution in [-0.2, 0) is 0 Å². The molecule has 20 heavy (non-hydrogen) atoms. The summed E-state index contributed by atoms with van der Waals surface area (Å²) in [6, 6.07) is 9.93. The largest absolute Gasteiger partial charge is 0.335 e. The zero-order valence-electron chi connectivity index (χ0n) is 11.7. The molecule has 0 atom stereocenters. The summed E-state index contributed by atoms with van der Waals surface area (Å²) in [5.74, 6) is 0. The molecule has 2 amide bonds. The minimum atomic E-state index is -0.141. The summed E-state index contributed by atoms with van der Waals surface area (Å²) in [6.45, 7) is 3.98. The smallest absolute Gasteiger partial charge is 0.319 e. The Morgan fingerprint density at radius 2 is 2.10 bits per heavy atom. The van der Waals surface area contributed by atoms with Crippen molar-refractivity contribution in [2.75, 3.05) is 5.32 Å². The fraction of sp³-hybridized carbons (Fsp3) is 0.333. The van der Waals surface area contributed by atoms with Gasteiger partial charge < -0.3 is 10.6 Å². The molecule has 3 rings (SSSR count). The molecule has 1 saturated carbocycles. The van der Waals surface area contributed by atoms with Crippen molar-refractivity contribution in [3.63, 3.8) is 0 Å². The summed E-state index contributed by atoms with van der Waals surface area (Å²) < 4.78 is 1.87.